The van der Waals surface area contributed by atoms with Gasteiger partial charge in [-0.25, -0.2) is 9.59 Å². The van der Waals surface area contributed by atoms with E-state index in [1.807, 2.05) is 62.4 Å². The van der Waals surface area contributed by atoms with E-state index >= 15 is 0 Å². The van der Waals surface area contributed by atoms with Gasteiger partial charge in [0, 0.05) is 21.5 Å². The van der Waals surface area contributed by atoms with Gasteiger partial charge >= 0.3 is 12.3 Å². The molecule has 0 atom stereocenters. The first-order valence-electron chi connectivity index (χ1n) is 10.3. The highest BCUT2D eigenvalue weighted by Crippen LogP contribution is 2.44. The van der Waals surface area contributed by atoms with Gasteiger partial charge in [0.25, 0.3) is 0 Å². The van der Waals surface area contributed by atoms with Crippen molar-refractivity contribution in [2.24, 2.45) is 5.92 Å². The Labute approximate surface area is 183 Å². The third kappa shape index (κ3) is 3.21. The van der Waals surface area contributed by atoms with Gasteiger partial charge in [0.05, 0.1) is 6.61 Å². The van der Waals surface area contributed by atoms with Gasteiger partial charge in [0.1, 0.15) is 11.5 Å². The molecule has 0 heterocycles. The van der Waals surface area contributed by atoms with Crippen molar-refractivity contribution in [1.82, 2.24) is 0 Å². The molecule has 0 aromatic heterocycles. The molecule has 0 spiro atoms. The number of carboxylic acid groups (broad SMARTS) is 1. The van der Waals surface area contributed by atoms with Gasteiger partial charge in [-0.3, -0.25) is 0 Å². The highest BCUT2D eigenvalue weighted by atomic mass is 16.7. The molecular weight excluding hydrogens is 408 g/mol. The number of hydrogen-bond acceptors (Lipinski definition) is 5. The van der Waals surface area contributed by atoms with E-state index in [0.717, 1.165) is 43.1 Å². The van der Waals surface area contributed by atoms with Gasteiger partial charge in [-0.2, -0.15) is 0 Å². The summed E-state index contributed by atoms with van der Waals surface area (Å²) in [5, 5.41) is 16.4. The predicted octanol–water partition coefficient (Wildman–Crippen LogP) is 6.97. The summed E-state index contributed by atoms with van der Waals surface area (Å²) in [4.78, 5) is 23.3. The molecule has 0 amide bonds. The normalized spacial score (nSPS) is 11.6. The van der Waals surface area contributed by atoms with Crippen LogP contribution >= 0.6 is 0 Å². The topological polar surface area (TPSA) is 82.1 Å². The fourth-order valence-corrected chi connectivity index (χ4v) is 4.28. The Balaban J connectivity index is 1.75. The minimum absolute atomic E-state index is 0.214. The fourth-order valence-electron chi connectivity index (χ4n) is 4.28. The van der Waals surface area contributed by atoms with Gasteiger partial charge < -0.3 is 19.3 Å². The Hall–Kier alpha value is -4.06. The maximum Gasteiger partial charge on any atom is 0.513 e. The average molecular weight is 428 g/mol. The lowest BCUT2D eigenvalue weighted by atomic mass is 9.89. The van der Waals surface area contributed by atoms with Crippen LogP contribution in [0.25, 0.3) is 43.1 Å². The monoisotopic (exact) mass is 428 g/mol. The minimum Gasteiger partial charge on any atom is -0.449 e. The highest BCUT2D eigenvalue weighted by Gasteiger charge is 2.18. The van der Waals surface area contributed by atoms with Crippen molar-refractivity contribution < 1.29 is 28.9 Å². The number of benzene rings is 5. The molecule has 0 aliphatic rings. The van der Waals surface area contributed by atoms with Gasteiger partial charge in [-0.15, -0.1) is 0 Å². The third-order valence-electron chi connectivity index (χ3n) is 5.51. The van der Waals surface area contributed by atoms with Crippen LogP contribution in [-0.4, -0.2) is 24.0 Å². The zero-order valence-electron chi connectivity index (χ0n) is 17.5. The van der Waals surface area contributed by atoms with Gasteiger partial charge in [0.15, 0.2) is 0 Å². The standard InChI is InChI=1S/C26H20O6/c1-14(2)13-30-26(29)32-22-12-10-18-15-5-3-7-19-21(31-25(27)28)11-9-17(23(15)19)16-6-4-8-20(22)24(16)18/h3-12,14H,13H2,1-2H3,(H,27,28). The van der Waals surface area contributed by atoms with Crippen LogP contribution in [0.3, 0.4) is 0 Å². The van der Waals surface area contributed by atoms with Crippen LogP contribution in [0.5, 0.6) is 11.5 Å². The van der Waals surface area contributed by atoms with E-state index in [1.165, 1.54) is 0 Å². The molecule has 0 unspecified atom stereocenters. The van der Waals surface area contributed by atoms with Crippen molar-refractivity contribution in [2.75, 3.05) is 6.61 Å². The molecule has 5 aromatic rings. The molecular formula is C26H20O6. The molecule has 0 saturated heterocycles. The zero-order valence-corrected chi connectivity index (χ0v) is 17.5. The van der Waals surface area contributed by atoms with Crippen molar-refractivity contribution in [3.8, 4) is 11.5 Å². The average Bonchev–Trinajstić information content (AvgIpc) is 2.77. The van der Waals surface area contributed by atoms with Gasteiger partial charge in [0.2, 0.25) is 0 Å². The van der Waals surface area contributed by atoms with Crippen molar-refractivity contribution in [2.45, 2.75) is 13.8 Å². The number of hydrogen-bond donors (Lipinski definition) is 1. The number of carbonyl (C=O) groups excluding carboxylic acids is 1. The summed E-state index contributed by atoms with van der Waals surface area (Å²) in [5.41, 5.74) is 0. The summed E-state index contributed by atoms with van der Waals surface area (Å²) in [6, 6.07) is 18.8. The highest BCUT2D eigenvalue weighted by molar-refractivity contribution is 6.34. The van der Waals surface area contributed by atoms with Crippen LogP contribution in [0.4, 0.5) is 9.59 Å². The Morgan fingerprint density at radius 2 is 1.19 bits per heavy atom. The van der Waals surface area contributed by atoms with Crippen molar-refractivity contribution in [1.29, 1.82) is 0 Å². The molecule has 160 valence electrons. The number of ether oxygens (including phenoxy) is 3. The molecule has 0 aliphatic heterocycles. The SMILES string of the molecule is CC(C)COC(=O)Oc1ccc2c3cccc4c(OC(=O)O)ccc(c5cccc1c52)c43. The lowest BCUT2D eigenvalue weighted by Gasteiger charge is -2.17. The summed E-state index contributed by atoms with van der Waals surface area (Å²) in [5.74, 6) is 0.938. The Morgan fingerprint density at radius 1 is 0.719 bits per heavy atom. The van der Waals surface area contributed by atoms with Crippen LogP contribution in [0, 0.1) is 5.92 Å². The van der Waals surface area contributed by atoms with E-state index in [2.05, 4.69) is 0 Å². The maximum absolute atomic E-state index is 12.2. The van der Waals surface area contributed by atoms with Crippen molar-refractivity contribution in [3.63, 3.8) is 0 Å². The summed E-state index contributed by atoms with van der Waals surface area (Å²) in [6.45, 7) is 4.21. The van der Waals surface area contributed by atoms with E-state index in [9.17, 15) is 9.59 Å². The maximum atomic E-state index is 12.2. The quantitative estimate of drug-likeness (QED) is 0.144. The van der Waals surface area contributed by atoms with E-state index in [-0.39, 0.29) is 12.5 Å². The van der Waals surface area contributed by atoms with E-state index < -0.39 is 12.3 Å². The van der Waals surface area contributed by atoms with Crippen LogP contribution in [0.2, 0.25) is 0 Å². The number of fused-ring (bicyclic) bond motifs is 2. The Morgan fingerprint density at radius 3 is 1.69 bits per heavy atom. The first-order valence-corrected chi connectivity index (χ1v) is 10.3. The molecule has 6 nitrogen and oxygen atoms in total. The lowest BCUT2D eigenvalue weighted by Crippen LogP contribution is -2.14. The van der Waals surface area contributed by atoms with E-state index in [0.29, 0.717) is 11.5 Å². The van der Waals surface area contributed by atoms with E-state index in [1.54, 1.807) is 12.1 Å². The van der Waals surface area contributed by atoms with E-state index in [4.69, 9.17) is 19.3 Å². The summed E-state index contributed by atoms with van der Waals surface area (Å²) < 4.78 is 15.7. The number of rotatable bonds is 4. The minimum atomic E-state index is -1.35. The van der Waals surface area contributed by atoms with Crippen molar-refractivity contribution >= 4 is 55.4 Å². The Bertz CT molecular complexity index is 1480. The van der Waals surface area contributed by atoms with Gasteiger partial charge in [-0.1, -0.05) is 50.2 Å². The van der Waals surface area contributed by atoms with Crippen molar-refractivity contribution in [3.05, 3.63) is 60.7 Å². The summed E-state index contributed by atoms with van der Waals surface area (Å²) >= 11 is 0. The second-order valence-electron chi connectivity index (χ2n) is 8.10. The van der Waals surface area contributed by atoms with Crippen LogP contribution in [-0.2, 0) is 4.74 Å². The summed E-state index contributed by atoms with van der Waals surface area (Å²) in [6.07, 6.45) is -2.08. The largest absolute Gasteiger partial charge is 0.513 e. The lowest BCUT2D eigenvalue weighted by molar-refractivity contribution is 0.0890. The van der Waals surface area contributed by atoms with Crippen LogP contribution < -0.4 is 9.47 Å². The van der Waals surface area contributed by atoms with Gasteiger partial charge in [-0.05, 0) is 51.7 Å². The molecule has 0 saturated carbocycles. The molecule has 6 heteroatoms. The molecule has 1 N–H and O–H groups in total. The molecule has 32 heavy (non-hydrogen) atoms. The Kier molecular flexibility index (Phi) is 4.70. The van der Waals surface area contributed by atoms with Crippen LogP contribution in [0.15, 0.2) is 60.7 Å². The number of carbonyl (C=O) groups is 2. The first kappa shape index (κ1) is 19.9. The van der Waals surface area contributed by atoms with Crippen LogP contribution in [0.1, 0.15) is 13.8 Å². The molecule has 0 aliphatic carbocycles. The smallest absolute Gasteiger partial charge is 0.449 e. The zero-order chi connectivity index (χ0) is 22.4. The molecule has 0 fully saturated rings. The predicted molar refractivity (Wildman–Crippen MR) is 123 cm³/mol. The first-order chi connectivity index (χ1) is 15.4. The molecule has 0 radical (unpaired) electrons. The molecule has 0 bridgehead atoms. The molecule has 5 rings (SSSR count). The fraction of sp³-hybridized carbons (Fsp3) is 0.154. The summed E-state index contributed by atoms with van der Waals surface area (Å²) in [7, 11) is 0. The second-order valence-corrected chi connectivity index (χ2v) is 8.10. The molecule has 5 aromatic carbocycles. The third-order valence-corrected chi connectivity index (χ3v) is 5.51. The second kappa shape index (κ2) is 7.57.